The van der Waals surface area contributed by atoms with Crippen LogP contribution in [0.1, 0.15) is 21.7 Å². The molecule has 28 heavy (non-hydrogen) atoms. The maximum absolute atomic E-state index is 12.5. The molecule has 0 spiro atoms. The molecule has 0 saturated heterocycles. The molecule has 1 N–H and O–H groups in total. The Hall–Kier alpha value is -2.89. The van der Waals surface area contributed by atoms with Crippen LogP contribution in [0, 0.1) is 13.8 Å². The topological polar surface area (TPSA) is 55.1 Å². The third kappa shape index (κ3) is 3.86. The van der Waals surface area contributed by atoms with E-state index in [1.807, 2.05) is 41.8 Å². The van der Waals surface area contributed by atoms with Crippen LogP contribution in [0.3, 0.4) is 0 Å². The Labute approximate surface area is 171 Å². The highest BCUT2D eigenvalue weighted by atomic mass is 35.5. The van der Waals surface area contributed by atoms with Crippen LogP contribution in [0.4, 0.5) is 5.13 Å². The van der Waals surface area contributed by atoms with Gasteiger partial charge in [-0.1, -0.05) is 35.9 Å². The van der Waals surface area contributed by atoms with E-state index in [2.05, 4.69) is 30.2 Å². The van der Waals surface area contributed by atoms with Crippen molar-refractivity contribution in [2.75, 3.05) is 5.32 Å². The lowest BCUT2D eigenvalue weighted by molar-refractivity contribution is 0.0997. The van der Waals surface area contributed by atoms with Crippen molar-refractivity contribution in [1.29, 1.82) is 0 Å². The minimum Gasteiger partial charge on any atom is -0.451 e. The monoisotopic (exact) mass is 408 g/mol. The standard InChI is InChI=1S/C22H17ClN2O2S/c1-13-3-4-16(11-14(13)2)19-9-10-20(27-19)21(26)25-22-24-18(12-28-22)15-5-7-17(23)8-6-15/h3-12H,1-2H3,(H,24,25,26). The van der Waals surface area contributed by atoms with Gasteiger partial charge in [0.15, 0.2) is 10.9 Å². The molecule has 0 radical (unpaired) electrons. The molecule has 4 aromatic rings. The average Bonchev–Trinajstić information content (AvgIpc) is 3.34. The zero-order valence-electron chi connectivity index (χ0n) is 15.3. The average molecular weight is 409 g/mol. The lowest BCUT2D eigenvalue weighted by Crippen LogP contribution is -2.10. The molecule has 0 fully saturated rings. The van der Waals surface area contributed by atoms with E-state index in [0.717, 1.165) is 16.8 Å². The Bertz CT molecular complexity index is 1150. The molecule has 1 amide bonds. The highest BCUT2D eigenvalue weighted by Gasteiger charge is 2.15. The number of carbonyl (C=O) groups is 1. The molecule has 2 aromatic heterocycles. The van der Waals surface area contributed by atoms with Crippen molar-refractivity contribution in [3.63, 3.8) is 0 Å². The molecule has 4 nitrogen and oxygen atoms in total. The number of furan rings is 1. The summed E-state index contributed by atoms with van der Waals surface area (Å²) in [6.07, 6.45) is 0. The van der Waals surface area contributed by atoms with Crippen LogP contribution >= 0.6 is 22.9 Å². The van der Waals surface area contributed by atoms with Crippen LogP contribution in [0.2, 0.25) is 5.02 Å². The Balaban J connectivity index is 1.49. The number of halogens is 1. The Morgan fingerprint density at radius 2 is 1.75 bits per heavy atom. The predicted molar refractivity (Wildman–Crippen MR) is 114 cm³/mol. The Morgan fingerprint density at radius 3 is 2.50 bits per heavy atom. The molecule has 6 heteroatoms. The van der Waals surface area contributed by atoms with Gasteiger partial charge in [-0.25, -0.2) is 4.98 Å². The summed E-state index contributed by atoms with van der Waals surface area (Å²) in [5.74, 6) is 0.581. The number of hydrogen-bond acceptors (Lipinski definition) is 4. The molecule has 0 unspecified atom stereocenters. The van der Waals surface area contributed by atoms with Crippen molar-refractivity contribution in [1.82, 2.24) is 4.98 Å². The van der Waals surface area contributed by atoms with Gasteiger partial charge in [-0.15, -0.1) is 11.3 Å². The highest BCUT2D eigenvalue weighted by molar-refractivity contribution is 7.14. The van der Waals surface area contributed by atoms with Crippen molar-refractivity contribution < 1.29 is 9.21 Å². The van der Waals surface area contributed by atoms with Crippen molar-refractivity contribution >= 4 is 34.0 Å². The normalized spacial score (nSPS) is 10.8. The van der Waals surface area contributed by atoms with Gasteiger partial charge in [0, 0.05) is 21.5 Å². The maximum atomic E-state index is 12.5. The van der Waals surface area contributed by atoms with E-state index in [9.17, 15) is 4.79 Å². The second kappa shape index (κ2) is 7.62. The number of anilines is 1. The molecule has 0 bridgehead atoms. The van der Waals surface area contributed by atoms with Gasteiger partial charge in [-0.3, -0.25) is 10.1 Å². The first-order valence-corrected chi connectivity index (χ1v) is 9.95. The molecule has 0 saturated carbocycles. The first-order valence-electron chi connectivity index (χ1n) is 8.70. The van der Waals surface area contributed by atoms with Gasteiger partial charge in [-0.05, 0) is 55.3 Å². The number of aromatic nitrogens is 1. The number of aryl methyl sites for hydroxylation is 2. The van der Waals surface area contributed by atoms with E-state index in [1.54, 1.807) is 12.1 Å². The van der Waals surface area contributed by atoms with Gasteiger partial charge in [0.05, 0.1) is 5.69 Å². The lowest BCUT2D eigenvalue weighted by Gasteiger charge is -2.03. The number of thiazole rings is 1. The summed E-state index contributed by atoms with van der Waals surface area (Å²) in [6.45, 7) is 4.11. The predicted octanol–water partition coefficient (Wildman–Crippen LogP) is 6.59. The van der Waals surface area contributed by atoms with Gasteiger partial charge in [0.25, 0.3) is 5.91 Å². The third-order valence-electron chi connectivity index (χ3n) is 4.49. The largest absolute Gasteiger partial charge is 0.451 e. The van der Waals surface area contributed by atoms with Gasteiger partial charge in [0.2, 0.25) is 0 Å². The fourth-order valence-corrected chi connectivity index (χ4v) is 3.59. The number of hydrogen-bond donors (Lipinski definition) is 1. The Kier molecular flexibility index (Phi) is 5.03. The van der Waals surface area contributed by atoms with Crippen molar-refractivity contribution in [2.24, 2.45) is 0 Å². The number of nitrogens with zero attached hydrogens (tertiary/aromatic N) is 1. The fraction of sp³-hybridized carbons (Fsp3) is 0.0909. The van der Waals surface area contributed by atoms with Crippen LogP contribution < -0.4 is 5.32 Å². The maximum Gasteiger partial charge on any atom is 0.293 e. The second-order valence-corrected chi connectivity index (χ2v) is 7.76. The number of carbonyl (C=O) groups excluding carboxylic acids is 1. The molecule has 0 aliphatic carbocycles. The third-order valence-corrected chi connectivity index (χ3v) is 5.50. The highest BCUT2D eigenvalue weighted by Crippen LogP contribution is 2.28. The van der Waals surface area contributed by atoms with Gasteiger partial charge >= 0.3 is 0 Å². The molecular formula is C22H17ClN2O2S. The van der Waals surface area contributed by atoms with E-state index in [1.165, 1.54) is 22.5 Å². The van der Waals surface area contributed by atoms with Gasteiger partial charge < -0.3 is 4.42 Å². The fourth-order valence-electron chi connectivity index (χ4n) is 2.75. The van der Waals surface area contributed by atoms with Crippen LogP contribution in [-0.4, -0.2) is 10.9 Å². The van der Waals surface area contributed by atoms with Crippen LogP contribution in [-0.2, 0) is 0 Å². The van der Waals surface area contributed by atoms with E-state index in [0.29, 0.717) is 15.9 Å². The summed E-state index contributed by atoms with van der Waals surface area (Å²) in [5, 5.41) is 5.87. The number of amides is 1. The molecule has 4 rings (SSSR count). The number of nitrogens with one attached hydrogen (secondary N) is 1. The first kappa shape index (κ1) is 18.5. The van der Waals surface area contributed by atoms with Crippen LogP contribution in [0.15, 0.2) is 64.4 Å². The van der Waals surface area contributed by atoms with Crippen molar-refractivity contribution in [2.45, 2.75) is 13.8 Å². The molecule has 2 heterocycles. The summed E-state index contributed by atoms with van der Waals surface area (Å²) in [6, 6.07) is 17.0. The second-order valence-electron chi connectivity index (χ2n) is 6.46. The van der Waals surface area contributed by atoms with E-state index >= 15 is 0 Å². The summed E-state index contributed by atoms with van der Waals surface area (Å²) in [4.78, 5) is 17.0. The van der Waals surface area contributed by atoms with E-state index in [-0.39, 0.29) is 11.7 Å². The summed E-state index contributed by atoms with van der Waals surface area (Å²) in [7, 11) is 0. The van der Waals surface area contributed by atoms with Crippen LogP contribution in [0.5, 0.6) is 0 Å². The smallest absolute Gasteiger partial charge is 0.293 e. The first-order chi connectivity index (χ1) is 13.5. The molecule has 2 aromatic carbocycles. The summed E-state index contributed by atoms with van der Waals surface area (Å²) in [5.41, 5.74) is 5.07. The summed E-state index contributed by atoms with van der Waals surface area (Å²) >= 11 is 7.28. The van der Waals surface area contributed by atoms with Crippen LogP contribution in [0.25, 0.3) is 22.6 Å². The minimum absolute atomic E-state index is 0.247. The molecule has 140 valence electrons. The molecule has 0 aliphatic rings. The Morgan fingerprint density at radius 1 is 1.00 bits per heavy atom. The molecule has 0 atom stereocenters. The van der Waals surface area contributed by atoms with Crippen molar-refractivity contribution in [3.8, 4) is 22.6 Å². The SMILES string of the molecule is Cc1ccc(-c2ccc(C(=O)Nc3nc(-c4ccc(Cl)cc4)cs3)o2)cc1C. The quantitative estimate of drug-likeness (QED) is 0.414. The number of rotatable bonds is 4. The zero-order chi connectivity index (χ0) is 19.7. The van der Waals surface area contributed by atoms with Gasteiger partial charge in [0.1, 0.15) is 5.76 Å². The summed E-state index contributed by atoms with van der Waals surface area (Å²) < 4.78 is 5.75. The van der Waals surface area contributed by atoms with E-state index in [4.69, 9.17) is 16.0 Å². The van der Waals surface area contributed by atoms with Gasteiger partial charge in [-0.2, -0.15) is 0 Å². The lowest BCUT2D eigenvalue weighted by atomic mass is 10.1. The number of benzene rings is 2. The van der Waals surface area contributed by atoms with Crippen molar-refractivity contribution in [3.05, 3.63) is 81.9 Å². The zero-order valence-corrected chi connectivity index (χ0v) is 16.9. The van der Waals surface area contributed by atoms with E-state index < -0.39 is 0 Å². The minimum atomic E-state index is -0.327. The molecule has 0 aliphatic heterocycles. The molecular weight excluding hydrogens is 392 g/mol.